The molecule has 2 aromatic rings. The number of thiazole rings is 1. The number of hydrogen-bond acceptors (Lipinski definition) is 4. The Balaban J connectivity index is 0.00000208. The predicted octanol–water partition coefficient (Wildman–Crippen LogP) is 2.78. The molecule has 0 saturated carbocycles. The van der Waals surface area contributed by atoms with Crippen LogP contribution >= 0.6 is 35.3 Å². The van der Waals surface area contributed by atoms with Gasteiger partial charge in [-0.15, -0.1) is 35.3 Å². The monoisotopic (exact) mass is 458 g/mol. The van der Waals surface area contributed by atoms with Crippen LogP contribution < -0.4 is 15.4 Å². The van der Waals surface area contributed by atoms with Crippen LogP contribution in [0.15, 0.2) is 34.6 Å². The number of hydrogen-bond donors (Lipinski definition) is 2. The van der Waals surface area contributed by atoms with Gasteiger partial charge in [0.25, 0.3) is 0 Å². The molecule has 3 rings (SSSR count). The Morgan fingerprint density at radius 1 is 1.38 bits per heavy atom. The van der Waals surface area contributed by atoms with E-state index in [2.05, 4.69) is 38.1 Å². The molecule has 2 N–H and O–H groups in total. The van der Waals surface area contributed by atoms with E-state index in [4.69, 9.17) is 4.74 Å². The number of ether oxygens (including phenoxy) is 1. The third-order valence-electron chi connectivity index (χ3n) is 3.77. The second-order valence-electron chi connectivity index (χ2n) is 5.54. The molecule has 0 radical (unpaired) electrons. The third kappa shape index (κ3) is 5.07. The van der Waals surface area contributed by atoms with Gasteiger partial charge in [-0.25, -0.2) is 4.98 Å². The van der Waals surface area contributed by atoms with Gasteiger partial charge in [0.05, 0.1) is 17.2 Å². The van der Waals surface area contributed by atoms with Crippen molar-refractivity contribution in [2.24, 2.45) is 4.99 Å². The van der Waals surface area contributed by atoms with Gasteiger partial charge in [0.1, 0.15) is 11.9 Å². The summed E-state index contributed by atoms with van der Waals surface area (Å²) in [5, 5.41) is 9.87. The van der Waals surface area contributed by atoms with Crippen molar-refractivity contribution in [2.75, 3.05) is 20.1 Å². The zero-order chi connectivity index (χ0) is 16.1. The fraction of sp³-hybridized carbons (Fsp3) is 0.412. The maximum absolute atomic E-state index is 5.92. The molecule has 1 aromatic carbocycles. The fourth-order valence-corrected chi connectivity index (χ4v) is 3.28. The topological polar surface area (TPSA) is 58.5 Å². The summed E-state index contributed by atoms with van der Waals surface area (Å²) in [6.07, 6.45) is 2.00. The normalized spacial score (nSPS) is 16.1. The molecular weight excluding hydrogens is 435 g/mol. The fourth-order valence-electron chi connectivity index (χ4n) is 2.63. The summed E-state index contributed by atoms with van der Waals surface area (Å²) in [5.41, 5.74) is 2.41. The summed E-state index contributed by atoms with van der Waals surface area (Å²) < 4.78 is 5.92. The summed E-state index contributed by atoms with van der Waals surface area (Å²) in [4.78, 5) is 8.72. The standard InChI is InChI=1S/C17H22N4OS.HI/c1-12-21-14(11-23-12)7-8-19-17(18-2)20-10-15-9-13-5-3-4-6-16(13)22-15;/h3-6,11,15H,7-10H2,1-2H3,(H2,18,19,20);1H. The van der Waals surface area contributed by atoms with Crippen LogP contribution in [0, 0.1) is 6.92 Å². The Hall–Kier alpha value is -1.35. The van der Waals surface area contributed by atoms with Gasteiger partial charge in [-0.2, -0.15) is 0 Å². The van der Waals surface area contributed by atoms with Crippen molar-refractivity contribution in [3.8, 4) is 5.75 Å². The molecule has 1 aromatic heterocycles. The summed E-state index contributed by atoms with van der Waals surface area (Å²) >= 11 is 1.69. The molecule has 0 saturated heterocycles. The van der Waals surface area contributed by atoms with Crippen molar-refractivity contribution in [3.05, 3.63) is 45.9 Å². The van der Waals surface area contributed by atoms with E-state index in [1.807, 2.05) is 19.1 Å². The summed E-state index contributed by atoms with van der Waals surface area (Å²) in [7, 11) is 1.78. The zero-order valence-corrected chi connectivity index (χ0v) is 17.1. The van der Waals surface area contributed by atoms with Crippen LogP contribution in [0.4, 0.5) is 0 Å². The van der Waals surface area contributed by atoms with Crippen molar-refractivity contribution in [1.29, 1.82) is 0 Å². The van der Waals surface area contributed by atoms with Crippen molar-refractivity contribution < 1.29 is 4.74 Å². The average molecular weight is 458 g/mol. The number of para-hydroxylation sites is 1. The molecule has 1 aliphatic rings. The average Bonchev–Trinajstić information content (AvgIpc) is 3.16. The Morgan fingerprint density at radius 2 is 2.21 bits per heavy atom. The molecule has 1 aliphatic heterocycles. The number of aryl methyl sites for hydroxylation is 1. The maximum Gasteiger partial charge on any atom is 0.191 e. The maximum atomic E-state index is 5.92. The number of benzene rings is 1. The van der Waals surface area contributed by atoms with Gasteiger partial charge in [0, 0.05) is 31.8 Å². The smallest absolute Gasteiger partial charge is 0.191 e. The first kappa shape index (κ1) is 19.0. The highest BCUT2D eigenvalue weighted by Gasteiger charge is 2.22. The molecule has 5 nitrogen and oxygen atoms in total. The lowest BCUT2D eigenvalue weighted by Crippen LogP contribution is -2.42. The van der Waals surface area contributed by atoms with Gasteiger partial charge in [0.2, 0.25) is 0 Å². The number of aliphatic imine (C=N–C) groups is 1. The Kier molecular flexibility index (Phi) is 7.29. The number of aromatic nitrogens is 1. The van der Waals surface area contributed by atoms with Crippen LogP contribution in [0.25, 0.3) is 0 Å². The number of halogens is 1. The van der Waals surface area contributed by atoms with Gasteiger partial charge in [-0.1, -0.05) is 18.2 Å². The number of fused-ring (bicyclic) bond motifs is 1. The van der Waals surface area contributed by atoms with E-state index in [0.29, 0.717) is 0 Å². The molecule has 0 aliphatic carbocycles. The minimum absolute atomic E-state index is 0. The second kappa shape index (κ2) is 9.22. The van der Waals surface area contributed by atoms with Gasteiger partial charge < -0.3 is 15.4 Å². The van der Waals surface area contributed by atoms with Crippen molar-refractivity contribution in [2.45, 2.75) is 25.9 Å². The quantitative estimate of drug-likeness (QED) is 0.411. The number of guanidine groups is 1. The van der Waals surface area contributed by atoms with E-state index < -0.39 is 0 Å². The minimum atomic E-state index is 0. The van der Waals surface area contributed by atoms with Crippen molar-refractivity contribution in [3.63, 3.8) is 0 Å². The number of nitrogens with one attached hydrogen (secondary N) is 2. The highest BCUT2D eigenvalue weighted by atomic mass is 127. The van der Waals surface area contributed by atoms with E-state index in [-0.39, 0.29) is 30.1 Å². The van der Waals surface area contributed by atoms with E-state index in [0.717, 1.165) is 48.3 Å². The van der Waals surface area contributed by atoms with Crippen molar-refractivity contribution >= 4 is 41.3 Å². The highest BCUT2D eigenvalue weighted by molar-refractivity contribution is 14.0. The van der Waals surface area contributed by atoms with Gasteiger partial charge in [0.15, 0.2) is 5.96 Å². The molecule has 130 valence electrons. The second-order valence-corrected chi connectivity index (χ2v) is 6.60. The Morgan fingerprint density at radius 3 is 2.92 bits per heavy atom. The molecule has 0 fully saturated rings. The molecule has 1 unspecified atom stereocenters. The van der Waals surface area contributed by atoms with Gasteiger partial charge in [-0.3, -0.25) is 4.99 Å². The number of rotatable bonds is 5. The SMILES string of the molecule is CN=C(NCCc1csc(C)n1)NCC1Cc2ccccc2O1.I. The lowest BCUT2D eigenvalue weighted by Gasteiger charge is -2.15. The van der Waals surface area contributed by atoms with Crippen LogP contribution in [0.1, 0.15) is 16.3 Å². The van der Waals surface area contributed by atoms with E-state index in [1.54, 1.807) is 18.4 Å². The molecule has 0 amide bonds. The lowest BCUT2D eigenvalue weighted by molar-refractivity contribution is 0.235. The summed E-state index contributed by atoms with van der Waals surface area (Å²) in [5.74, 6) is 1.80. The molecule has 7 heteroatoms. The molecule has 24 heavy (non-hydrogen) atoms. The molecule has 0 bridgehead atoms. The Labute approximate surface area is 164 Å². The third-order valence-corrected chi connectivity index (χ3v) is 4.60. The first-order chi connectivity index (χ1) is 11.2. The van der Waals surface area contributed by atoms with E-state index >= 15 is 0 Å². The number of nitrogens with zero attached hydrogens (tertiary/aromatic N) is 2. The van der Waals surface area contributed by atoms with E-state index in [1.165, 1.54) is 5.56 Å². The zero-order valence-electron chi connectivity index (χ0n) is 13.9. The first-order valence-electron chi connectivity index (χ1n) is 7.84. The van der Waals surface area contributed by atoms with Crippen LogP contribution in [0.3, 0.4) is 0 Å². The molecule has 0 spiro atoms. The van der Waals surface area contributed by atoms with Gasteiger partial charge >= 0.3 is 0 Å². The van der Waals surface area contributed by atoms with E-state index in [9.17, 15) is 0 Å². The van der Waals surface area contributed by atoms with Crippen LogP contribution in [-0.4, -0.2) is 37.2 Å². The summed E-state index contributed by atoms with van der Waals surface area (Å²) in [6, 6.07) is 8.21. The lowest BCUT2D eigenvalue weighted by atomic mass is 10.1. The summed E-state index contributed by atoms with van der Waals surface area (Å²) in [6.45, 7) is 3.58. The molecule has 2 heterocycles. The minimum Gasteiger partial charge on any atom is -0.488 e. The first-order valence-corrected chi connectivity index (χ1v) is 8.72. The van der Waals surface area contributed by atoms with Crippen molar-refractivity contribution in [1.82, 2.24) is 15.6 Å². The van der Waals surface area contributed by atoms with Crippen LogP contribution in [0.2, 0.25) is 0 Å². The van der Waals surface area contributed by atoms with Gasteiger partial charge in [-0.05, 0) is 18.6 Å². The highest BCUT2D eigenvalue weighted by Crippen LogP contribution is 2.27. The molecule has 1 atom stereocenters. The predicted molar refractivity (Wildman–Crippen MR) is 110 cm³/mol. The Bertz CT molecular complexity index is 664. The molecular formula is C17H23IN4OS. The van der Waals surface area contributed by atoms with Crippen LogP contribution in [0.5, 0.6) is 5.75 Å². The largest absolute Gasteiger partial charge is 0.488 e. The van der Waals surface area contributed by atoms with Crippen LogP contribution in [-0.2, 0) is 12.8 Å².